The van der Waals surface area contributed by atoms with Gasteiger partial charge in [-0.2, -0.15) is 35.1 Å². The molecule has 2 aromatic carbocycles. The molecule has 41 heavy (non-hydrogen) atoms. The monoisotopic (exact) mass is 908 g/mol. The van der Waals surface area contributed by atoms with Crippen molar-refractivity contribution in [1.29, 1.82) is 0 Å². The Balaban J connectivity index is 2.41. The predicted octanol–water partition coefficient (Wildman–Crippen LogP) is 3.20. The van der Waals surface area contributed by atoms with Crippen molar-refractivity contribution in [3.05, 3.63) is 55.7 Å². The zero-order valence-electron chi connectivity index (χ0n) is 18.7. The molecule has 0 aromatic heterocycles. The maximum Gasteiger partial charge on any atom is 0.449 e. The second-order valence-electron chi connectivity index (χ2n) is 7.26. The second-order valence-corrected chi connectivity index (χ2v) is 17.1. The summed E-state index contributed by atoms with van der Waals surface area (Å²) in [7, 11) is -26.0. The van der Waals surface area contributed by atoms with Crippen LogP contribution in [0.3, 0.4) is 0 Å². The van der Waals surface area contributed by atoms with E-state index in [1.165, 1.54) is 0 Å². The van der Waals surface area contributed by atoms with Gasteiger partial charge in [0.25, 0.3) is 40.1 Å². The molecule has 2 aromatic rings. The van der Waals surface area contributed by atoms with Crippen molar-refractivity contribution in [3.63, 3.8) is 0 Å². The molecule has 232 valence electrons. The molecule has 0 spiro atoms. The molecule has 0 aliphatic carbocycles. The lowest BCUT2D eigenvalue weighted by molar-refractivity contribution is -0.442. The topological polar surface area (TPSA) is 170 Å². The summed E-state index contributed by atoms with van der Waals surface area (Å²) in [5.41, 5.74) is 0. The summed E-state index contributed by atoms with van der Waals surface area (Å²) in [6, 6.07) is 6.43. The molecule has 0 unspecified atom stereocenters. The first-order valence-electron chi connectivity index (χ1n) is 9.41. The van der Waals surface area contributed by atoms with Gasteiger partial charge in [-0.1, -0.05) is 8.25 Å². The van der Waals surface area contributed by atoms with E-state index in [4.69, 9.17) is 0 Å². The fourth-order valence-electron chi connectivity index (χ4n) is 2.31. The quantitative estimate of drug-likeness (QED) is 0.240. The van der Waals surface area contributed by atoms with Crippen LogP contribution in [0.15, 0.2) is 58.3 Å². The summed E-state index contributed by atoms with van der Waals surface area (Å²) in [6.07, 6.45) is -14.6. The highest BCUT2D eigenvalue weighted by Gasteiger charge is 2.77. The highest BCUT2D eigenvalue weighted by Crippen LogP contribution is 2.48. The van der Waals surface area contributed by atoms with Crippen LogP contribution in [0.2, 0.25) is 0 Å². The summed E-state index contributed by atoms with van der Waals surface area (Å²) in [4.78, 5) is -2.21. The van der Waals surface area contributed by atoms with Gasteiger partial charge in [0.1, 0.15) is 0 Å². The molecule has 2 rings (SSSR count). The maximum absolute atomic E-state index is 14.2. The van der Waals surface area contributed by atoms with Gasteiger partial charge in [0.15, 0.2) is 0 Å². The fraction of sp³-hybridized carbons (Fsp3) is 0.250. The average Bonchev–Trinajstić information content (AvgIpc) is 2.77. The summed E-state index contributed by atoms with van der Waals surface area (Å²) in [5.74, 6) is 0. The van der Waals surface area contributed by atoms with Crippen molar-refractivity contribution >= 4 is 85.3 Å². The van der Waals surface area contributed by atoms with Gasteiger partial charge in [-0.15, -0.1) is 0 Å². The molecule has 0 aliphatic rings. The number of alkyl halides is 8. The van der Waals surface area contributed by atoms with Gasteiger partial charge >= 0.3 is 22.7 Å². The number of hydrogen-bond donors (Lipinski definition) is 2. The van der Waals surface area contributed by atoms with E-state index in [9.17, 15) is 68.8 Å². The number of ether oxygens (including phenoxy) is 1. The lowest BCUT2D eigenvalue weighted by Gasteiger charge is -2.31. The lowest BCUT2D eigenvalue weighted by atomic mass is 10.4. The first-order valence-corrected chi connectivity index (χ1v) is 17.5. The van der Waals surface area contributed by atoms with Gasteiger partial charge in [0.05, 0.1) is 9.79 Å². The SMILES string of the molecule is O=S(=O)(NS(=O)(=O)C(F)(F)C(F)(F)OC(F)(F)C(F)(F)S(=O)(=O)NS(=O)(=O)c1ccc(I)cc1)c1ccc(I)cc1. The number of halogens is 10. The Labute approximate surface area is 253 Å². The van der Waals surface area contributed by atoms with E-state index in [1.54, 1.807) is 45.2 Å². The van der Waals surface area contributed by atoms with Crippen LogP contribution in [0.25, 0.3) is 0 Å². The first kappa shape index (κ1) is 36.2. The Bertz CT molecular complexity index is 1610. The summed E-state index contributed by atoms with van der Waals surface area (Å²) >= 11 is 3.26. The van der Waals surface area contributed by atoms with Gasteiger partial charge in [-0.05, 0) is 93.7 Å². The Kier molecular flexibility index (Phi) is 10.2. The normalized spacial score (nSPS) is 14.7. The van der Waals surface area contributed by atoms with Crippen molar-refractivity contribution < 1.29 is 73.5 Å². The maximum atomic E-state index is 14.2. The Morgan fingerprint density at radius 1 is 0.512 bits per heavy atom. The van der Waals surface area contributed by atoms with E-state index < -0.39 is 72.6 Å². The minimum Gasteiger partial charge on any atom is -0.244 e. The molecule has 0 atom stereocenters. The van der Waals surface area contributed by atoms with Crippen LogP contribution in [0.5, 0.6) is 0 Å². The second kappa shape index (κ2) is 11.5. The van der Waals surface area contributed by atoms with Crippen LogP contribution >= 0.6 is 45.2 Å². The standard InChI is InChI=1S/C16H10F8I2N2O9S4/c17-13(18,15(21,22)40(33,34)27-38(29,30)11-5-1-9(25)2-6-11)37-14(19,20)16(23,24)41(35,36)28-39(31,32)12-7-3-10(26)4-8-12/h1-8,27-28H. The van der Waals surface area contributed by atoms with Crippen LogP contribution < -0.4 is 8.25 Å². The van der Waals surface area contributed by atoms with Crippen molar-refractivity contribution in [2.75, 3.05) is 0 Å². The molecule has 0 aliphatic heterocycles. The molecule has 2 N–H and O–H groups in total. The molecule has 0 radical (unpaired) electrons. The summed E-state index contributed by atoms with van der Waals surface area (Å²) < 4.78 is 211. The van der Waals surface area contributed by atoms with Crippen LogP contribution in [0, 0.1) is 7.14 Å². The molecule has 0 heterocycles. The fourth-order valence-corrected chi connectivity index (χ4v) is 8.64. The lowest BCUT2D eigenvalue weighted by Crippen LogP contribution is -2.61. The van der Waals surface area contributed by atoms with E-state index >= 15 is 0 Å². The van der Waals surface area contributed by atoms with Gasteiger partial charge < -0.3 is 0 Å². The van der Waals surface area contributed by atoms with Crippen molar-refractivity contribution in [3.8, 4) is 0 Å². The van der Waals surface area contributed by atoms with Crippen molar-refractivity contribution in [2.45, 2.75) is 32.5 Å². The van der Waals surface area contributed by atoms with Crippen molar-refractivity contribution in [2.24, 2.45) is 0 Å². The molecule has 0 bridgehead atoms. The third-order valence-electron chi connectivity index (χ3n) is 4.30. The molecule has 0 fully saturated rings. The molecule has 0 saturated heterocycles. The van der Waals surface area contributed by atoms with Crippen LogP contribution in [0.1, 0.15) is 0 Å². The van der Waals surface area contributed by atoms with E-state index in [1.807, 2.05) is 4.74 Å². The van der Waals surface area contributed by atoms with Crippen molar-refractivity contribution in [1.82, 2.24) is 8.25 Å². The third kappa shape index (κ3) is 7.40. The predicted molar refractivity (Wildman–Crippen MR) is 138 cm³/mol. The number of hydrogen-bond acceptors (Lipinski definition) is 9. The van der Waals surface area contributed by atoms with Gasteiger partial charge in [-0.25, -0.2) is 38.4 Å². The summed E-state index contributed by atoms with van der Waals surface area (Å²) in [6.45, 7) is 0. The van der Waals surface area contributed by atoms with Crippen LogP contribution in [0.4, 0.5) is 35.1 Å². The zero-order chi connectivity index (χ0) is 32.1. The molecular formula is C16H10F8I2N2O9S4. The highest BCUT2D eigenvalue weighted by molar-refractivity contribution is 14.1. The number of benzene rings is 2. The molecular weight excluding hydrogens is 898 g/mol. The molecule has 0 saturated carbocycles. The third-order valence-corrected chi connectivity index (χ3v) is 12.9. The van der Waals surface area contributed by atoms with Gasteiger partial charge in [0.2, 0.25) is 0 Å². The highest BCUT2D eigenvalue weighted by atomic mass is 127. The van der Waals surface area contributed by atoms with Gasteiger partial charge in [-0.3, -0.25) is 0 Å². The zero-order valence-corrected chi connectivity index (χ0v) is 26.3. The minimum atomic E-state index is -7.34. The molecule has 0 amide bonds. The Hall–Kier alpha value is -0.980. The van der Waals surface area contributed by atoms with E-state index in [2.05, 4.69) is 0 Å². The van der Waals surface area contributed by atoms with E-state index in [0.717, 1.165) is 24.3 Å². The number of sulfonamides is 4. The Morgan fingerprint density at radius 3 is 1.00 bits per heavy atom. The largest absolute Gasteiger partial charge is 0.449 e. The molecule has 25 heteroatoms. The molecule has 11 nitrogen and oxygen atoms in total. The van der Waals surface area contributed by atoms with Gasteiger partial charge in [0, 0.05) is 7.14 Å². The number of nitrogens with one attached hydrogen (secondary N) is 2. The Morgan fingerprint density at radius 2 is 0.756 bits per heavy atom. The van der Waals surface area contributed by atoms with E-state index in [-0.39, 0.29) is 8.25 Å². The first-order chi connectivity index (χ1) is 18.1. The smallest absolute Gasteiger partial charge is 0.244 e. The van der Waals surface area contributed by atoms with Crippen LogP contribution in [-0.4, -0.2) is 56.4 Å². The summed E-state index contributed by atoms with van der Waals surface area (Å²) in [5, 5.41) is -14.2. The minimum absolute atomic E-state index is 0.112. The van der Waals surface area contributed by atoms with E-state index in [0.29, 0.717) is 31.4 Å². The average molecular weight is 908 g/mol. The number of rotatable bonds is 12. The van der Waals surface area contributed by atoms with Crippen LogP contribution in [-0.2, 0) is 44.8 Å².